The quantitative estimate of drug-likeness (QED) is 0.625. The van der Waals surface area contributed by atoms with Gasteiger partial charge in [0.1, 0.15) is 17.5 Å². The Kier molecular flexibility index (Phi) is 2.55. The van der Waals surface area contributed by atoms with Crippen LogP contribution in [-0.4, -0.2) is 27.5 Å². The number of hydrogen-bond acceptors (Lipinski definition) is 4. The SMILES string of the molecule is CCOC(=O)c1cc2ncnc(Cl)c2[nH]1. The van der Waals surface area contributed by atoms with Crippen LogP contribution in [0.15, 0.2) is 12.4 Å². The lowest BCUT2D eigenvalue weighted by atomic mass is 10.4. The molecule has 0 aromatic carbocycles. The maximum absolute atomic E-state index is 11.4. The van der Waals surface area contributed by atoms with Crippen molar-refractivity contribution in [3.05, 3.63) is 23.2 Å². The van der Waals surface area contributed by atoms with E-state index in [4.69, 9.17) is 16.3 Å². The van der Waals surface area contributed by atoms with Crippen molar-refractivity contribution in [2.75, 3.05) is 6.61 Å². The molecule has 2 aromatic rings. The van der Waals surface area contributed by atoms with E-state index in [0.29, 0.717) is 23.3 Å². The van der Waals surface area contributed by atoms with Gasteiger partial charge in [0.2, 0.25) is 0 Å². The van der Waals surface area contributed by atoms with Gasteiger partial charge in [0, 0.05) is 0 Å². The van der Waals surface area contributed by atoms with E-state index in [2.05, 4.69) is 15.0 Å². The molecule has 0 spiro atoms. The highest BCUT2D eigenvalue weighted by molar-refractivity contribution is 6.33. The first-order valence-electron chi connectivity index (χ1n) is 4.38. The van der Waals surface area contributed by atoms with Gasteiger partial charge in [-0.15, -0.1) is 0 Å². The second kappa shape index (κ2) is 3.86. The van der Waals surface area contributed by atoms with Crippen molar-refractivity contribution < 1.29 is 9.53 Å². The fraction of sp³-hybridized carbons (Fsp3) is 0.222. The summed E-state index contributed by atoms with van der Waals surface area (Å²) in [5, 5.41) is 0.288. The van der Waals surface area contributed by atoms with E-state index in [1.165, 1.54) is 6.33 Å². The van der Waals surface area contributed by atoms with Crippen LogP contribution in [-0.2, 0) is 4.74 Å². The van der Waals surface area contributed by atoms with E-state index < -0.39 is 5.97 Å². The van der Waals surface area contributed by atoms with E-state index in [1.807, 2.05) is 0 Å². The predicted molar refractivity (Wildman–Crippen MR) is 54.9 cm³/mol. The third kappa shape index (κ3) is 1.78. The van der Waals surface area contributed by atoms with Crippen LogP contribution in [0.2, 0.25) is 5.15 Å². The number of carbonyl (C=O) groups is 1. The zero-order valence-electron chi connectivity index (χ0n) is 7.95. The third-order valence-corrected chi connectivity index (χ3v) is 2.15. The third-order valence-electron chi connectivity index (χ3n) is 1.87. The van der Waals surface area contributed by atoms with Crippen molar-refractivity contribution in [3.8, 4) is 0 Å². The monoisotopic (exact) mass is 225 g/mol. The van der Waals surface area contributed by atoms with Crippen LogP contribution in [0, 0.1) is 0 Å². The molecule has 0 saturated heterocycles. The summed E-state index contributed by atoms with van der Waals surface area (Å²) < 4.78 is 4.84. The molecule has 0 unspecified atom stereocenters. The minimum atomic E-state index is -0.424. The molecule has 0 fully saturated rings. The van der Waals surface area contributed by atoms with Crippen LogP contribution in [0.3, 0.4) is 0 Å². The van der Waals surface area contributed by atoms with Gasteiger partial charge in [-0.05, 0) is 13.0 Å². The summed E-state index contributed by atoms with van der Waals surface area (Å²) in [5.41, 5.74) is 1.47. The fourth-order valence-corrected chi connectivity index (χ4v) is 1.42. The number of halogens is 1. The largest absolute Gasteiger partial charge is 0.461 e. The Hall–Kier alpha value is -1.62. The topological polar surface area (TPSA) is 67.9 Å². The molecule has 2 heterocycles. The lowest BCUT2D eigenvalue weighted by Gasteiger charge is -1.96. The van der Waals surface area contributed by atoms with Crippen molar-refractivity contribution in [2.24, 2.45) is 0 Å². The first kappa shape index (κ1) is 9.92. The number of aromatic amines is 1. The number of rotatable bonds is 2. The number of aromatic nitrogens is 3. The Morgan fingerprint density at radius 1 is 1.60 bits per heavy atom. The number of fused-ring (bicyclic) bond motifs is 1. The summed E-state index contributed by atoms with van der Waals surface area (Å²) in [6.07, 6.45) is 1.34. The number of ether oxygens (including phenoxy) is 1. The first-order chi connectivity index (χ1) is 7.22. The number of H-pyrrole nitrogens is 1. The Labute approximate surface area is 90.4 Å². The molecule has 78 valence electrons. The summed E-state index contributed by atoms with van der Waals surface area (Å²) in [4.78, 5) is 22.0. The molecular formula is C9H8ClN3O2. The Morgan fingerprint density at radius 3 is 3.07 bits per heavy atom. The van der Waals surface area contributed by atoms with Crippen LogP contribution in [0.25, 0.3) is 11.0 Å². The van der Waals surface area contributed by atoms with E-state index in [0.717, 1.165) is 0 Å². The normalized spacial score (nSPS) is 10.5. The van der Waals surface area contributed by atoms with E-state index >= 15 is 0 Å². The summed E-state index contributed by atoms with van der Waals surface area (Å²) >= 11 is 5.82. The molecule has 1 N–H and O–H groups in total. The summed E-state index contributed by atoms with van der Waals surface area (Å²) in [5.74, 6) is -0.424. The molecule has 0 aliphatic heterocycles. The predicted octanol–water partition coefficient (Wildman–Crippen LogP) is 1.79. The molecule has 15 heavy (non-hydrogen) atoms. The molecular weight excluding hydrogens is 218 g/mol. The van der Waals surface area contributed by atoms with Gasteiger partial charge in [-0.2, -0.15) is 0 Å². The Balaban J connectivity index is 2.47. The molecule has 0 aliphatic carbocycles. The fourth-order valence-electron chi connectivity index (χ4n) is 1.23. The van der Waals surface area contributed by atoms with Crippen molar-refractivity contribution in [1.29, 1.82) is 0 Å². The van der Waals surface area contributed by atoms with Crippen LogP contribution in [0.4, 0.5) is 0 Å². The summed E-state index contributed by atoms with van der Waals surface area (Å²) in [7, 11) is 0. The molecule has 0 amide bonds. The second-order valence-electron chi connectivity index (χ2n) is 2.83. The van der Waals surface area contributed by atoms with Gasteiger partial charge in [0.05, 0.1) is 12.1 Å². The van der Waals surface area contributed by atoms with Crippen LogP contribution >= 0.6 is 11.6 Å². The molecule has 0 radical (unpaired) electrons. The molecule has 0 bridgehead atoms. The molecule has 0 saturated carbocycles. The lowest BCUT2D eigenvalue weighted by Crippen LogP contribution is -2.04. The van der Waals surface area contributed by atoms with E-state index in [-0.39, 0.29) is 5.15 Å². The maximum Gasteiger partial charge on any atom is 0.354 e. The number of hydrogen-bond donors (Lipinski definition) is 1. The number of carbonyl (C=O) groups excluding carboxylic acids is 1. The molecule has 6 heteroatoms. The van der Waals surface area contributed by atoms with Crippen molar-refractivity contribution >= 4 is 28.6 Å². The van der Waals surface area contributed by atoms with Gasteiger partial charge in [0.25, 0.3) is 0 Å². The standard InChI is InChI=1S/C9H8ClN3O2/c1-2-15-9(14)6-3-5-7(13-6)8(10)12-4-11-5/h3-4,13H,2H2,1H3. The van der Waals surface area contributed by atoms with Crippen molar-refractivity contribution in [1.82, 2.24) is 15.0 Å². The second-order valence-corrected chi connectivity index (χ2v) is 3.19. The van der Waals surface area contributed by atoms with Crippen molar-refractivity contribution in [2.45, 2.75) is 6.92 Å². The van der Waals surface area contributed by atoms with Gasteiger partial charge < -0.3 is 9.72 Å². The maximum atomic E-state index is 11.4. The highest BCUT2D eigenvalue weighted by atomic mass is 35.5. The van der Waals surface area contributed by atoms with E-state index in [9.17, 15) is 4.79 Å². The van der Waals surface area contributed by atoms with Gasteiger partial charge in [-0.3, -0.25) is 0 Å². The smallest absolute Gasteiger partial charge is 0.354 e. The number of esters is 1. The van der Waals surface area contributed by atoms with Crippen LogP contribution in [0.1, 0.15) is 17.4 Å². The minimum Gasteiger partial charge on any atom is -0.461 e. The van der Waals surface area contributed by atoms with E-state index in [1.54, 1.807) is 13.0 Å². The molecule has 5 nitrogen and oxygen atoms in total. The van der Waals surface area contributed by atoms with Gasteiger partial charge in [-0.25, -0.2) is 14.8 Å². The first-order valence-corrected chi connectivity index (χ1v) is 4.76. The van der Waals surface area contributed by atoms with Crippen molar-refractivity contribution in [3.63, 3.8) is 0 Å². The lowest BCUT2D eigenvalue weighted by molar-refractivity contribution is 0.0520. The Morgan fingerprint density at radius 2 is 2.40 bits per heavy atom. The van der Waals surface area contributed by atoms with Crippen LogP contribution < -0.4 is 0 Å². The van der Waals surface area contributed by atoms with Gasteiger partial charge in [0.15, 0.2) is 5.15 Å². The molecule has 0 aliphatic rings. The van der Waals surface area contributed by atoms with Gasteiger partial charge >= 0.3 is 5.97 Å². The minimum absolute atomic E-state index is 0.288. The summed E-state index contributed by atoms with van der Waals surface area (Å²) in [6, 6.07) is 1.58. The van der Waals surface area contributed by atoms with Crippen LogP contribution in [0.5, 0.6) is 0 Å². The molecule has 2 rings (SSSR count). The average molecular weight is 226 g/mol. The molecule has 0 atom stereocenters. The zero-order valence-corrected chi connectivity index (χ0v) is 8.71. The summed E-state index contributed by atoms with van der Waals surface area (Å²) in [6.45, 7) is 2.07. The average Bonchev–Trinajstić information content (AvgIpc) is 2.63. The highest BCUT2D eigenvalue weighted by Gasteiger charge is 2.12. The molecule has 2 aromatic heterocycles. The number of nitrogens with one attached hydrogen (secondary N) is 1. The van der Waals surface area contributed by atoms with Gasteiger partial charge in [-0.1, -0.05) is 11.6 Å². The highest BCUT2D eigenvalue weighted by Crippen LogP contribution is 2.19. The number of nitrogens with zero attached hydrogens (tertiary/aromatic N) is 2. The zero-order chi connectivity index (χ0) is 10.8. The Bertz CT molecular complexity index is 509.